The second-order valence-electron chi connectivity index (χ2n) is 6.12. The molecule has 2 unspecified atom stereocenters. The zero-order chi connectivity index (χ0) is 15.3. The van der Waals surface area contributed by atoms with Gasteiger partial charge >= 0.3 is 0 Å². The highest BCUT2D eigenvalue weighted by atomic mass is 16.5. The van der Waals surface area contributed by atoms with Crippen molar-refractivity contribution < 1.29 is 9.26 Å². The van der Waals surface area contributed by atoms with Gasteiger partial charge in [0.25, 0.3) is 0 Å². The summed E-state index contributed by atoms with van der Waals surface area (Å²) in [7, 11) is 1.75. The molecular formula is C16H29N3O2. The Morgan fingerprint density at radius 3 is 2.62 bits per heavy atom. The van der Waals surface area contributed by atoms with Crippen LogP contribution in [0, 0.1) is 0 Å². The molecule has 5 nitrogen and oxygen atoms in total. The molecule has 1 saturated carbocycles. The van der Waals surface area contributed by atoms with Crippen molar-refractivity contribution in [3.63, 3.8) is 0 Å². The topological polar surface area (TPSA) is 60.2 Å². The van der Waals surface area contributed by atoms with Gasteiger partial charge in [-0.05, 0) is 52.0 Å². The van der Waals surface area contributed by atoms with Gasteiger partial charge in [0.15, 0.2) is 0 Å². The summed E-state index contributed by atoms with van der Waals surface area (Å²) < 4.78 is 11.3. The molecule has 5 heteroatoms. The quantitative estimate of drug-likeness (QED) is 0.797. The first-order valence-electron chi connectivity index (χ1n) is 8.29. The number of rotatable bonds is 8. The smallest absolute Gasteiger partial charge is 0.231 e. The summed E-state index contributed by atoms with van der Waals surface area (Å²) in [6, 6.07) is 0.338. The average Bonchev–Trinajstić information content (AvgIpc) is 3.15. The predicted octanol–water partition coefficient (Wildman–Crippen LogP) is 3.37. The number of nitrogens with zero attached hydrogens (tertiary/aromatic N) is 2. The third kappa shape index (κ3) is 3.46. The highest BCUT2D eigenvalue weighted by Gasteiger charge is 2.40. The first kappa shape index (κ1) is 16.4. The Morgan fingerprint density at radius 1 is 1.33 bits per heavy atom. The first-order valence-corrected chi connectivity index (χ1v) is 8.29. The molecule has 120 valence electrons. The Bertz CT molecular complexity index is 427. The van der Waals surface area contributed by atoms with Crippen molar-refractivity contribution in [2.45, 2.75) is 76.9 Å². The molecule has 1 N–H and O–H groups in total. The Balaban J connectivity index is 2.13. The van der Waals surface area contributed by atoms with E-state index in [1.165, 1.54) is 12.8 Å². The van der Waals surface area contributed by atoms with E-state index in [1.54, 1.807) is 7.11 Å². The third-order valence-corrected chi connectivity index (χ3v) is 4.73. The molecule has 1 aromatic heterocycles. The Labute approximate surface area is 127 Å². The van der Waals surface area contributed by atoms with E-state index >= 15 is 0 Å². The Morgan fingerprint density at radius 2 is 2.05 bits per heavy atom. The van der Waals surface area contributed by atoms with E-state index in [9.17, 15) is 0 Å². The summed E-state index contributed by atoms with van der Waals surface area (Å²) in [5.74, 6) is 1.73. The third-order valence-electron chi connectivity index (χ3n) is 4.73. The van der Waals surface area contributed by atoms with Crippen molar-refractivity contribution in [3.8, 4) is 0 Å². The number of ether oxygens (including phenoxy) is 1. The van der Waals surface area contributed by atoms with E-state index < -0.39 is 0 Å². The van der Waals surface area contributed by atoms with Gasteiger partial charge in [0.1, 0.15) is 5.60 Å². The van der Waals surface area contributed by atoms with Crippen LogP contribution in [0.15, 0.2) is 4.52 Å². The Hall–Kier alpha value is -0.940. The summed E-state index contributed by atoms with van der Waals surface area (Å²) in [5.41, 5.74) is -0.319. The van der Waals surface area contributed by atoms with Crippen molar-refractivity contribution >= 4 is 0 Å². The van der Waals surface area contributed by atoms with Crippen LogP contribution in [0.2, 0.25) is 0 Å². The second-order valence-corrected chi connectivity index (χ2v) is 6.12. The van der Waals surface area contributed by atoms with Crippen LogP contribution in [0.25, 0.3) is 0 Å². The Kier molecular flexibility index (Phi) is 5.76. The van der Waals surface area contributed by atoms with Crippen molar-refractivity contribution in [1.82, 2.24) is 15.5 Å². The summed E-state index contributed by atoms with van der Waals surface area (Å²) in [4.78, 5) is 4.69. The minimum Gasteiger partial charge on any atom is -0.370 e. The van der Waals surface area contributed by atoms with Crippen LogP contribution in [0.3, 0.4) is 0 Å². The molecule has 1 heterocycles. The van der Waals surface area contributed by atoms with Gasteiger partial charge in [0.2, 0.25) is 11.7 Å². The lowest BCUT2D eigenvalue weighted by Crippen LogP contribution is -2.33. The summed E-state index contributed by atoms with van der Waals surface area (Å²) >= 11 is 0. The fraction of sp³-hybridized carbons (Fsp3) is 0.875. The van der Waals surface area contributed by atoms with Gasteiger partial charge in [0, 0.05) is 13.2 Å². The summed E-state index contributed by atoms with van der Waals surface area (Å²) in [6.45, 7) is 7.55. The zero-order valence-electron chi connectivity index (χ0n) is 13.8. The monoisotopic (exact) mass is 295 g/mol. The maximum absolute atomic E-state index is 5.74. The van der Waals surface area contributed by atoms with E-state index in [4.69, 9.17) is 14.2 Å². The number of nitrogens with one attached hydrogen (secondary N) is 1. The predicted molar refractivity (Wildman–Crippen MR) is 82.2 cm³/mol. The fourth-order valence-corrected chi connectivity index (χ4v) is 3.29. The number of methoxy groups -OCH3 is 1. The highest BCUT2D eigenvalue weighted by Crippen LogP contribution is 2.40. The van der Waals surface area contributed by atoms with Crippen LogP contribution in [-0.2, 0) is 10.3 Å². The molecule has 0 aliphatic heterocycles. The van der Waals surface area contributed by atoms with Crippen molar-refractivity contribution in [2.75, 3.05) is 13.7 Å². The molecule has 1 fully saturated rings. The molecule has 1 aliphatic rings. The normalized spacial score (nSPS) is 20.6. The molecule has 2 atom stereocenters. The SMILES string of the molecule is CCCNC(C)C(CC)c1nc(C2(OC)CCCC2)no1. The van der Waals surface area contributed by atoms with Gasteiger partial charge in [-0.15, -0.1) is 0 Å². The van der Waals surface area contributed by atoms with Gasteiger partial charge in [0.05, 0.1) is 5.92 Å². The molecule has 0 aromatic carbocycles. The van der Waals surface area contributed by atoms with E-state index in [2.05, 4.69) is 31.2 Å². The standard InChI is InChI=1S/C16H29N3O2/c1-5-11-17-12(3)13(6-2)14-18-15(19-21-14)16(20-4)9-7-8-10-16/h12-13,17H,5-11H2,1-4H3. The molecule has 2 rings (SSSR count). The van der Waals surface area contributed by atoms with Crippen LogP contribution in [0.5, 0.6) is 0 Å². The molecule has 0 saturated heterocycles. The van der Waals surface area contributed by atoms with Gasteiger partial charge in [-0.2, -0.15) is 4.98 Å². The number of aromatic nitrogens is 2. The largest absolute Gasteiger partial charge is 0.370 e. The fourth-order valence-electron chi connectivity index (χ4n) is 3.29. The molecule has 1 aliphatic carbocycles. The maximum atomic E-state index is 5.74. The first-order chi connectivity index (χ1) is 10.2. The number of hydrogen-bond acceptors (Lipinski definition) is 5. The minimum atomic E-state index is -0.319. The maximum Gasteiger partial charge on any atom is 0.231 e. The van der Waals surface area contributed by atoms with E-state index in [-0.39, 0.29) is 11.5 Å². The number of hydrogen-bond donors (Lipinski definition) is 1. The van der Waals surface area contributed by atoms with Crippen LogP contribution < -0.4 is 5.32 Å². The molecule has 0 spiro atoms. The molecule has 0 bridgehead atoms. The molecule has 0 radical (unpaired) electrons. The summed E-state index contributed by atoms with van der Waals surface area (Å²) in [6.07, 6.45) is 6.43. The van der Waals surface area contributed by atoms with Crippen molar-refractivity contribution in [3.05, 3.63) is 11.7 Å². The lowest BCUT2D eigenvalue weighted by Gasteiger charge is -2.23. The lowest BCUT2D eigenvalue weighted by atomic mass is 9.97. The van der Waals surface area contributed by atoms with Gasteiger partial charge in [-0.25, -0.2) is 0 Å². The zero-order valence-corrected chi connectivity index (χ0v) is 13.8. The lowest BCUT2D eigenvalue weighted by molar-refractivity contribution is -0.0178. The van der Waals surface area contributed by atoms with Crippen LogP contribution in [0.1, 0.15) is 76.9 Å². The van der Waals surface area contributed by atoms with Crippen LogP contribution >= 0.6 is 0 Å². The minimum absolute atomic E-state index is 0.258. The van der Waals surface area contributed by atoms with Crippen LogP contribution in [-0.4, -0.2) is 29.8 Å². The van der Waals surface area contributed by atoms with Crippen molar-refractivity contribution in [1.29, 1.82) is 0 Å². The van der Waals surface area contributed by atoms with E-state index in [0.717, 1.165) is 43.9 Å². The van der Waals surface area contributed by atoms with Crippen molar-refractivity contribution in [2.24, 2.45) is 0 Å². The van der Waals surface area contributed by atoms with Gasteiger partial charge < -0.3 is 14.6 Å². The van der Waals surface area contributed by atoms with E-state index in [1.807, 2.05) is 0 Å². The van der Waals surface area contributed by atoms with E-state index in [0.29, 0.717) is 6.04 Å². The molecule has 1 aromatic rings. The second kappa shape index (κ2) is 7.36. The average molecular weight is 295 g/mol. The van der Waals surface area contributed by atoms with Gasteiger partial charge in [-0.1, -0.05) is 19.0 Å². The molecular weight excluding hydrogens is 266 g/mol. The van der Waals surface area contributed by atoms with Gasteiger partial charge in [-0.3, -0.25) is 0 Å². The molecule has 0 amide bonds. The van der Waals surface area contributed by atoms with Crippen LogP contribution in [0.4, 0.5) is 0 Å². The highest BCUT2D eigenvalue weighted by molar-refractivity contribution is 5.07. The molecule has 21 heavy (non-hydrogen) atoms. The summed E-state index contributed by atoms with van der Waals surface area (Å²) in [5, 5.41) is 7.76.